The lowest BCUT2D eigenvalue weighted by Crippen LogP contribution is -2.41. The fourth-order valence-electron chi connectivity index (χ4n) is 2.19. The highest BCUT2D eigenvalue weighted by Gasteiger charge is 2.15. The van der Waals surface area contributed by atoms with Crippen LogP contribution in [0.2, 0.25) is 0 Å². The first-order valence-electron chi connectivity index (χ1n) is 6.28. The van der Waals surface area contributed by atoms with Gasteiger partial charge in [0.15, 0.2) is 0 Å². The first-order valence-corrected chi connectivity index (χ1v) is 6.28. The second kappa shape index (κ2) is 6.17. The summed E-state index contributed by atoms with van der Waals surface area (Å²) in [6.45, 7) is 8.50. The molecule has 1 atom stereocenters. The molecule has 1 rings (SSSR count). The van der Waals surface area contributed by atoms with E-state index >= 15 is 0 Å². The van der Waals surface area contributed by atoms with E-state index in [1.54, 1.807) is 0 Å². The summed E-state index contributed by atoms with van der Waals surface area (Å²) in [6.07, 6.45) is 2.09. The molecule has 1 aromatic heterocycles. The van der Waals surface area contributed by atoms with E-state index in [9.17, 15) is 0 Å². The standard InChI is InChI=1S/C13H26N4/c1-10(2)13(16(4)5)8-14-7-12-9-17(6)15-11(12)3/h9-10,13-14H,7-8H2,1-6H3. The fourth-order valence-corrected chi connectivity index (χ4v) is 2.19. The van der Waals surface area contributed by atoms with Crippen molar-refractivity contribution in [3.05, 3.63) is 17.5 Å². The van der Waals surface area contributed by atoms with Crippen LogP contribution in [0.4, 0.5) is 0 Å². The van der Waals surface area contributed by atoms with E-state index in [1.165, 1.54) is 5.56 Å². The molecular formula is C13H26N4. The van der Waals surface area contributed by atoms with Gasteiger partial charge in [-0.15, -0.1) is 0 Å². The third-order valence-electron chi connectivity index (χ3n) is 3.22. The summed E-state index contributed by atoms with van der Waals surface area (Å²) in [5.41, 5.74) is 2.40. The van der Waals surface area contributed by atoms with Crippen LogP contribution in [0.5, 0.6) is 0 Å². The van der Waals surface area contributed by atoms with Gasteiger partial charge in [0.25, 0.3) is 0 Å². The van der Waals surface area contributed by atoms with E-state index in [4.69, 9.17) is 0 Å². The number of likely N-dealkylation sites (N-methyl/N-ethyl adjacent to an activating group) is 1. The molecule has 0 bridgehead atoms. The zero-order chi connectivity index (χ0) is 13.0. The highest BCUT2D eigenvalue weighted by molar-refractivity contribution is 5.14. The van der Waals surface area contributed by atoms with E-state index in [1.807, 2.05) is 11.7 Å². The Kier molecular flexibility index (Phi) is 5.15. The fraction of sp³-hybridized carbons (Fsp3) is 0.769. The summed E-state index contributed by atoms with van der Waals surface area (Å²) in [6, 6.07) is 0.576. The van der Waals surface area contributed by atoms with E-state index in [2.05, 4.69) is 56.4 Å². The van der Waals surface area contributed by atoms with E-state index in [-0.39, 0.29) is 0 Å². The third-order valence-corrected chi connectivity index (χ3v) is 3.22. The van der Waals surface area contributed by atoms with Crippen molar-refractivity contribution >= 4 is 0 Å². The van der Waals surface area contributed by atoms with E-state index in [0.29, 0.717) is 12.0 Å². The Labute approximate surface area is 105 Å². The Hall–Kier alpha value is -0.870. The van der Waals surface area contributed by atoms with Crippen LogP contribution in [-0.4, -0.2) is 41.4 Å². The van der Waals surface area contributed by atoms with Crippen LogP contribution in [0.1, 0.15) is 25.1 Å². The van der Waals surface area contributed by atoms with Gasteiger partial charge < -0.3 is 10.2 Å². The first-order chi connectivity index (χ1) is 7.91. The quantitative estimate of drug-likeness (QED) is 0.813. The Morgan fingerprint density at radius 1 is 1.41 bits per heavy atom. The SMILES string of the molecule is Cc1nn(C)cc1CNCC(C(C)C)N(C)C. The topological polar surface area (TPSA) is 33.1 Å². The molecule has 1 aromatic rings. The van der Waals surface area contributed by atoms with Crippen molar-refractivity contribution in [1.82, 2.24) is 20.0 Å². The predicted molar refractivity (Wildman–Crippen MR) is 72.0 cm³/mol. The van der Waals surface area contributed by atoms with Crippen LogP contribution < -0.4 is 5.32 Å². The summed E-state index contributed by atoms with van der Waals surface area (Å²) >= 11 is 0. The minimum Gasteiger partial charge on any atom is -0.311 e. The molecule has 17 heavy (non-hydrogen) atoms. The van der Waals surface area contributed by atoms with Gasteiger partial charge in [-0.1, -0.05) is 13.8 Å². The van der Waals surface area contributed by atoms with Crippen LogP contribution in [0.15, 0.2) is 6.20 Å². The Bertz CT molecular complexity index is 333. The van der Waals surface area contributed by atoms with Crippen molar-refractivity contribution in [3.8, 4) is 0 Å². The summed E-state index contributed by atoms with van der Waals surface area (Å²) in [7, 11) is 6.25. The van der Waals surface area contributed by atoms with Crippen molar-refractivity contribution in [2.45, 2.75) is 33.4 Å². The molecule has 0 radical (unpaired) electrons. The largest absolute Gasteiger partial charge is 0.311 e. The van der Waals surface area contributed by atoms with Gasteiger partial charge in [-0.2, -0.15) is 5.10 Å². The van der Waals surface area contributed by atoms with Crippen LogP contribution in [-0.2, 0) is 13.6 Å². The first kappa shape index (κ1) is 14.2. The van der Waals surface area contributed by atoms with Crippen LogP contribution in [0.3, 0.4) is 0 Å². The molecule has 0 aliphatic rings. The second-order valence-electron chi connectivity index (χ2n) is 5.32. The summed E-state index contributed by atoms with van der Waals surface area (Å²) in [5, 5.41) is 7.87. The van der Waals surface area contributed by atoms with Crippen molar-refractivity contribution < 1.29 is 0 Å². The van der Waals surface area contributed by atoms with Crippen molar-refractivity contribution in [2.75, 3.05) is 20.6 Å². The molecule has 0 aliphatic carbocycles. The van der Waals surface area contributed by atoms with E-state index in [0.717, 1.165) is 18.8 Å². The Morgan fingerprint density at radius 2 is 2.06 bits per heavy atom. The van der Waals surface area contributed by atoms with Gasteiger partial charge in [-0.3, -0.25) is 4.68 Å². The maximum absolute atomic E-state index is 4.35. The summed E-state index contributed by atoms with van der Waals surface area (Å²) in [5.74, 6) is 0.660. The van der Waals surface area contributed by atoms with Gasteiger partial charge in [-0.05, 0) is 26.9 Å². The van der Waals surface area contributed by atoms with Gasteiger partial charge >= 0.3 is 0 Å². The molecule has 1 unspecified atom stereocenters. The molecule has 0 amide bonds. The molecule has 4 nitrogen and oxygen atoms in total. The minimum atomic E-state index is 0.576. The normalized spacial score (nSPS) is 13.6. The number of hydrogen-bond acceptors (Lipinski definition) is 3. The number of hydrogen-bond donors (Lipinski definition) is 1. The molecule has 0 saturated carbocycles. The average molecular weight is 238 g/mol. The monoisotopic (exact) mass is 238 g/mol. The maximum atomic E-state index is 4.35. The van der Waals surface area contributed by atoms with Gasteiger partial charge in [-0.25, -0.2) is 0 Å². The summed E-state index contributed by atoms with van der Waals surface area (Å²) in [4.78, 5) is 2.29. The Balaban J connectivity index is 2.44. The average Bonchev–Trinajstić information content (AvgIpc) is 2.51. The highest BCUT2D eigenvalue weighted by Crippen LogP contribution is 2.07. The van der Waals surface area contributed by atoms with Gasteiger partial charge in [0, 0.05) is 37.9 Å². The highest BCUT2D eigenvalue weighted by atomic mass is 15.3. The lowest BCUT2D eigenvalue weighted by molar-refractivity contribution is 0.224. The molecule has 0 spiro atoms. The lowest BCUT2D eigenvalue weighted by Gasteiger charge is -2.28. The molecule has 1 N–H and O–H groups in total. The van der Waals surface area contributed by atoms with Crippen molar-refractivity contribution in [1.29, 1.82) is 0 Å². The Morgan fingerprint density at radius 3 is 2.47 bits per heavy atom. The molecule has 1 heterocycles. The molecular weight excluding hydrogens is 212 g/mol. The van der Waals surface area contributed by atoms with Crippen molar-refractivity contribution in [3.63, 3.8) is 0 Å². The van der Waals surface area contributed by atoms with Gasteiger partial charge in [0.1, 0.15) is 0 Å². The van der Waals surface area contributed by atoms with Crippen molar-refractivity contribution in [2.24, 2.45) is 13.0 Å². The summed E-state index contributed by atoms with van der Waals surface area (Å²) < 4.78 is 1.87. The van der Waals surface area contributed by atoms with Gasteiger partial charge in [0.05, 0.1) is 5.69 Å². The molecule has 4 heteroatoms. The zero-order valence-corrected chi connectivity index (χ0v) is 12.0. The molecule has 0 fully saturated rings. The molecule has 0 aliphatic heterocycles. The van der Waals surface area contributed by atoms with Crippen LogP contribution in [0.25, 0.3) is 0 Å². The second-order valence-corrected chi connectivity index (χ2v) is 5.32. The molecule has 98 valence electrons. The third kappa shape index (κ3) is 4.13. The number of aromatic nitrogens is 2. The molecule has 0 aromatic carbocycles. The van der Waals surface area contributed by atoms with Crippen LogP contribution in [0, 0.1) is 12.8 Å². The molecule has 0 saturated heterocycles. The number of rotatable bonds is 6. The smallest absolute Gasteiger partial charge is 0.0638 e. The lowest BCUT2D eigenvalue weighted by atomic mass is 10.0. The predicted octanol–water partition coefficient (Wildman–Crippen LogP) is 1.40. The van der Waals surface area contributed by atoms with E-state index < -0.39 is 0 Å². The number of nitrogens with one attached hydrogen (secondary N) is 1. The zero-order valence-electron chi connectivity index (χ0n) is 12.0. The number of nitrogens with zero attached hydrogens (tertiary/aromatic N) is 3. The number of aryl methyl sites for hydroxylation is 2. The minimum absolute atomic E-state index is 0.576. The maximum Gasteiger partial charge on any atom is 0.0638 e. The van der Waals surface area contributed by atoms with Gasteiger partial charge in [0.2, 0.25) is 0 Å². The van der Waals surface area contributed by atoms with Crippen LogP contribution >= 0.6 is 0 Å².